The molecule has 0 spiro atoms. The summed E-state index contributed by atoms with van der Waals surface area (Å²) in [5.74, 6) is -2.12. The summed E-state index contributed by atoms with van der Waals surface area (Å²) >= 11 is 0. The summed E-state index contributed by atoms with van der Waals surface area (Å²) in [5.41, 5.74) is 1.22. The second kappa shape index (κ2) is 6.78. The van der Waals surface area contributed by atoms with E-state index in [-0.39, 0.29) is 11.6 Å². The van der Waals surface area contributed by atoms with Crippen LogP contribution in [0.1, 0.15) is 23.8 Å². The van der Waals surface area contributed by atoms with E-state index in [1.165, 1.54) is 12.3 Å². The third-order valence-corrected chi connectivity index (χ3v) is 2.74. The minimum Gasteiger partial charge on any atom is -0.355 e. The van der Waals surface area contributed by atoms with Crippen molar-refractivity contribution in [3.8, 4) is 0 Å². The first-order chi connectivity index (χ1) is 10.1. The van der Waals surface area contributed by atoms with Crippen LogP contribution in [0.2, 0.25) is 0 Å². The minimum absolute atomic E-state index is 0.260. The van der Waals surface area contributed by atoms with Crippen LogP contribution in [0, 0.1) is 11.6 Å². The van der Waals surface area contributed by atoms with Crippen LogP contribution in [0.15, 0.2) is 36.5 Å². The molecule has 0 radical (unpaired) electrons. The Kier molecular flexibility index (Phi) is 4.81. The molecule has 1 heterocycles. The average Bonchev–Trinajstić information content (AvgIpc) is 2.49. The topological polar surface area (TPSA) is 54.0 Å². The lowest BCUT2D eigenvalue weighted by Gasteiger charge is -2.08. The fraction of sp³-hybridized carbons (Fsp3) is 0.200. The van der Waals surface area contributed by atoms with Crippen molar-refractivity contribution in [1.82, 2.24) is 10.3 Å². The van der Waals surface area contributed by atoms with Crippen LogP contribution in [0.5, 0.6) is 0 Å². The molecule has 0 saturated heterocycles. The summed E-state index contributed by atoms with van der Waals surface area (Å²) in [6, 6.07) is 6.68. The number of rotatable bonds is 5. The van der Waals surface area contributed by atoms with Crippen LogP contribution in [0.4, 0.5) is 20.2 Å². The van der Waals surface area contributed by atoms with E-state index in [1.807, 2.05) is 6.92 Å². The smallest absolute Gasteiger partial charge is 0.269 e. The van der Waals surface area contributed by atoms with Crippen molar-refractivity contribution in [3.63, 3.8) is 0 Å². The van der Waals surface area contributed by atoms with Crippen molar-refractivity contribution in [2.75, 3.05) is 11.9 Å². The van der Waals surface area contributed by atoms with E-state index < -0.39 is 11.6 Å². The Morgan fingerprint density at radius 1 is 1.14 bits per heavy atom. The van der Waals surface area contributed by atoms with Crippen LogP contribution in [0.3, 0.4) is 0 Å². The SMILES string of the molecule is CCCNC(=O)c1cc(Nc2ccc(F)c(F)c2)ccn1. The Morgan fingerprint density at radius 3 is 2.62 bits per heavy atom. The summed E-state index contributed by atoms with van der Waals surface area (Å²) in [6.45, 7) is 2.52. The van der Waals surface area contributed by atoms with Crippen molar-refractivity contribution in [1.29, 1.82) is 0 Å². The highest BCUT2D eigenvalue weighted by molar-refractivity contribution is 5.93. The molecular weight excluding hydrogens is 276 g/mol. The molecule has 0 aliphatic rings. The maximum atomic E-state index is 13.1. The third kappa shape index (κ3) is 3.98. The summed E-state index contributed by atoms with van der Waals surface area (Å²) in [6.07, 6.45) is 2.31. The predicted octanol–water partition coefficient (Wildman–Crippen LogP) is 3.24. The fourth-order valence-corrected chi connectivity index (χ4v) is 1.70. The second-order valence-corrected chi connectivity index (χ2v) is 4.44. The zero-order valence-electron chi connectivity index (χ0n) is 11.5. The standard InChI is InChI=1S/C15H15F2N3O/c1-2-6-19-15(21)14-9-11(5-7-18-14)20-10-3-4-12(16)13(17)8-10/h3-5,7-9H,2,6H2,1H3,(H,18,20)(H,19,21). The number of nitrogens with one attached hydrogen (secondary N) is 2. The van der Waals surface area contributed by atoms with Crippen molar-refractivity contribution in [3.05, 3.63) is 53.9 Å². The predicted molar refractivity (Wildman–Crippen MR) is 76.5 cm³/mol. The zero-order chi connectivity index (χ0) is 15.2. The molecule has 4 nitrogen and oxygen atoms in total. The van der Waals surface area contributed by atoms with Gasteiger partial charge in [-0.25, -0.2) is 8.78 Å². The van der Waals surface area contributed by atoms with Crippen molar-refractivity contribution in [2.45, 2.75) is 13.3 Å². The number of aromatic nitrogens is 1. The van der Waals surface area contributed by atoms with Crippen LogP contribution in [-0.4, -0.2) is 17.4 Å². The number of amides is 1. The van der Waals surface area contributed by atoms with Gasteiger partial charge in [0.15, 0.2) is 11.6 Å². The van der Waals surface area contributed by atoms with E-state index in [0.717, 1.165) is 18.6 Å². The molecule has 1 aromatic carbocycles. The highest BCUT2D eigenvalue weighted by Gasteiger charge is 2.08. The Balaban J connectivity index is 2.13. The number of carbonyl (C=O) groups is 1. The molecule has 0 aliphatic carbocycles. The molecule has 2 aromatic rings. The number of carbonyl (C=O) groups excluding carboxylic acids is 1. The number of anilines is 2. The largest absolute Gasteiger partial charge is 0.355 e. The normalized spacial score (nSPS) is 10.2. The fourth-order valence-electron chi connectivity index (χ4n) is 1.70. The van der Waals surface area contributed by atoms with Gasteiger partial charge in [0.05, 0.1) is 0 Å². The first-order valence-corrected chi connectivity index (χ1v) is 6.56. The van der Waals surface area contributed by atoms with Crippen LogP contribution < -0.4 is 10.6 Å². The summed E-state index contributed by atoms with van der Waals surface area (Å²) < 4.78 is 26.0. The van der Waals surface area contributed by atoms with Gasteiger partial charge >= 0.3 is 0 Å². The van der Waals surface area contributed by atoms with Gasteiger partial charge in [0.25, 0.3) is 5.91 Å². The lowest BCUT2D eigenvalue weighted by Crippen LogP contribution is -2.24. The molecule has 6 heteroatoms. The third-order valence-electron chi connectivity index (χ3n) is 2.74. The van der Waals surface area contributed by atoms with Crippen molar-refractivity contribution < 1.29 is 13.6 Å². The number of benzene rings is 1. The average molecular weight is 291 g/mol. The van der Waals surface area contributed by atoms with Crippen LogP contribution in [-0.2, 0) is 0 Å². The van der Waals surface area contributed by atoms with Gasteiger partial charge in [-0.2, -0.15) is 0 Å². The van der Waals surface area contributed by atoms with E-state index in [4.69, 9.17) is 0 Å². The molecule has 0 unspecified atom stereocenters. The van der Waals surface area contributed by atoms with Gasteiger partial charge in [0, 0.05) is 30.2 Å². The van der Waals surface area contributed by atoms with Crippen molar-refractivity contribution in [2.24, 2.45) is 0 Å². The van der Waals surface area contributed by atoms with Crippen LogP contribution >= 0.6 is 0 Å². The van der Waals surface area contributed by atoms with Crippen molar-refractivity contribution >= 4 is 17.3 Å². The monoisotopic (exact) mass is 291 g/mol. The molecule has 1 aromatic heterocycles. The van der Waals surface area contributed by atoms with Gasteiger partial charge in [0.2, 0.25) is 0 Å². The molecule has 0 bridgehead atoms. The molecule has 0 saturated carbocycles. The van der Waals surface area contributed by atoms with Crippen LogP contribution in [0.25, 0.3) is 0 Å². The number of halogens is 2. The highest BCUT2D eigenvalue weighted by Crippen LogP contribution is 2.19. The minimum atomic E-state index is -0.935. The number of hydrogen-bond donors (Lipinski definition) is 2. The van der Waals surface area contributed by atoms with E-state index in [1.54, 1.807) is 12.1 Å². The summed E-state index contributed by atoms with van der Waals surface area (Å²) in [5, 5.41) is 5.61. The lowest BCUT2D eigenvalue weighted by atomic mass is 10.2. The Morgan fingerprint density at radius 2 is 1.90 bits per heavy atom. The first-order valence-electron chi connectivity index (χ1n) is 6.56. The molecular formula is C15H15F2N3O. The maximum Gasteiger partial charge on any atom is 0.269 e. The van der Waals surface area contributed by atoms with Gasteiger partial charge in [-0.15, -0.1) is 0 Å². The quantitative estimate of drug-likeness (QED) is 0.889. The Labute approximate surface area is 121 Å². The molecule has 0 fully saturated rings. The molecule has 21 heavy (non-hydrogen) atoms. The van der Waals surface area contributed by atoms with Gasteiger partial charge in [-0.05, 0) is 30.7 Å². The molecule has 110 valence electrons. The van der Waals surface area contributed by atoms with E-state index in [9.17, 15) is 13.6 Å². The maximum absolute atomic E-state index is 13.1. The molecule has 0 atom stereocenters. The second-order valence-electron chi connectivity index (χ2n) is 4.44. The van der Waals surface area contributed by atoms with E-state index >= 15 is 0 Å². The first kappa shape index (κ1) is 14.9. The molecule has 0 aliphatic heterocycles. The summed E-state index contributed by atoms with van der Waals surface area (Å²) in [7, 11) is 0. The number of pyridine rings is 1. The lowest BCUT2D eigenvalue weighted by molar-refractivity contribution is 0.0948. The Bertz CT molecular complexity index is 647. The van der Waals surface area contributed by atoms with Gasteiger partial charge in [-0.3, -0.25) is 9.78 Å². The van der Waals surface area contributed by atoms with E-state index in [0.29, 0.717) is 17.9 Å². The van der Waals surface area contributed by atoms with Gasteiger partial charge < -0.3 is 10.6 Å². The zero-order valence-corrected chi connectivity index (χ0v) is 11.5. The number of nitrogens with zero attached hydrogens (tertiary/aromatic N) is 1. The van der Waals surface area contributed by atoms with Gasteiger partial charge in [0.1, 0.15) is 5.69 Å². The highest BCUT2D eigenvalue weighted by atomic mass is 19.2. The molecule has 2 N–H and O–H groups in total. The Hall–Kier alpha value is -2.50. The summed E-state index contributed by atoms with van der Waals surface area (Å²) in [4.78, 5) is 15.8. The molecule has 2 rings (SSSR count). The molecule has 1 amide bonds. The number of hydrogen-bond acceptors (Lipinski definition) is 3. The van der Waals surface area contributed by atoms with E-state index in [2.05, 4.69) is 15.6 Å². The van der Waals surface area contributed by atoms with Gasteiger partial charge in [-0.1, -0.05) is 6.92 Å².